The topological polar surface area (TPSA) is 40.6 Å². The van der Waals surface area contributed by atoms with Gasteiger partial charge in [-0.15, -0.1) is 0 Å². The molecule has 1 unspecified atom stereocenters. The maximum Gasteiger partial charge on any atom is 0.189 e. The van der Waals surface area contributed by atoms with Crippen LogP contribution in [0.5, 0.6) is 0 Å². The number of sulfone groups is 1. The molecular formula is C39H58N2O2S. The third kappa shape index (κ3) is 10.4. The molecular weight excluding hydrogens is 561 g/mol. The smallest absolute Gasteiger partial charge is 0.189 e. The van der Waals surface area contributed by atoms with Crippen molar-refractivity contribution in [3.63, 3.8) is 0 Å². The van der Waals surface area contributed by atoms with Crippen LogP contribution in [0.4, 0.5) is 11.4 Å². The minimum Gasteiger partial charge on any atom is -0.378 e. The summed E-state index contributed by atoms with van der Waals surface area (Å²) in [5.74, 6) is 0. The molecule has 0 aliphatic rings. The third-order valence-electron chi connectivity index (χ3n) is 8.81. The first-order valence-electron chi connectivity index (χ1n) is 17.3. The van der Waals surface area contributed by atoms with Crippen molar-refractivity contribution in [3.05, 3.63) is 89.5 Å². The predicted molar refractivity (Wildman–Crippen MR) is 191 cm³/mol. The van der Waals surface area contributed by atoms with Crippen molar-refractivity contribution >= 4 is 21.2 Å². The average Bonchev–Trinajstić information content (AvgIpc) is 3.04. The largest absolute Gasteiger partial charge is 0.378 e. The first-order chi connectivity index (χ1) is 21.3. The monoisotopic (exact) mass is 618 g/mol. The number of unbranched alkanes of at least 4 members (excludes halogenated alkanes) is 10. The highest BCUT2D eigenvalue weighted by atomic mass is 32.2. The highest BCUT2D eigenvalue weighted by Crippen LogP contribution is 2.39. The summed E-state index contributed by atoms with van der Waals surface area (Å²) >= 11 is 0. The van der Waals surface area contributed by atoms with Crippen LogP contribution in [0.1, 0.15) is 120 Å². The molecule has 44 heavy (non-hydrogen) atoms. The Balaban J connectivity index is 1.95. The Kier molecular flexibility index (Phi) is 15.3. The molecule has 0 aromatic heterocycles. The van der Waals surface area contributed by atoms with Crippen LogP contribution < -0.4 is 9.80 Å². The Morgan fingerprint density at radius 3 is 1.66 bits per heavy atom. The molecule has 0 bridgehead atoms. The fourth-order valence-corrected chi connectivity index (χ4v) is 7.99. The average molecular weight is 619 g/mol. The second kappa shape index (κ2) is 18.9. The minimum atomic E-state index is -3.68. The molecule has 0 spiro atoms. The van der Waals surface area contributed by atoms with Crippen molar-refractivity contribution in [2.45, 2.75) is 114 Å². The zero-order valence-electron chi connectivity index (χ0n) is 28.2. The number of hydrogen-bond donors (Lipinski definition) is 0. The summed E-state index contributed by atoms with van der Waals surface area (Å²) in [7, 11) is 0.323. The SMILES string of the molecule is CCCCCCCCN(CCCCCCCC)c1ccc(C(c2ccc(N(C)C)cc2)S(=O)(=O)c2ccccc2)c(CC)c1. The Morgan fingerprint density at radius 1 is 0.614 bits per heavy atom. The minimum absolute atomic E-state index is 0.362. The van der Waals surface area contributed by atoms with E-state index in [4.69, 9.17) is 0 Å². The number of rotatable bonds is 21. The molecule has 0 aliphatic heterocycles. The van der Waals surface area contributed by atoms with Gasteiger partial charge in [0.1, 0.15) is 5.25 Å². The lowest BCUT2D eigenvalue weighted by atomic mass is 9.96. The summed E-state index contributed by atoms with van der Waals surface area (Å²) in [6.07, 6.45) is 16.2. The summed E-state index contributed by atoms with van der Waals surface area (Å²) in [6, 6.07) is 23.5. The van der Waals surface area contributed by atoms with Crippen molar-refractivity contribution in [2.75, 3.05) is 37.0 Å². The zero-order valence-corrected chi connectivity index (χ0v) is 29.0. The molecule has 0 N–H and O–H groups in total. The van der Waals surface area contributed by atoms with Crippen LogP contribution in [0.25, 0.3) is 0 Å². The highest BCUT2D eigenvalue weighted by Gasteiger charge is 2.32. The normalized spacial score (nSPS) is 12.3. The van der Waals surface area contributed by atoms with Gasteiger partial charge in [0.2, 0.25) is 0 Å². The molecule has 3 aromatic carbocycles. The molecule has 1 atom stereocenters. The van der Waals surface area contributed by atoms with Gasteiger partial charge < -0.3 is 9.80 Å². The van der Waals surface area contributed by atoms with Gasteiger partial charge in [-0.2, -0.15) is 0 Å². The molecule has 0 amide bonds. The van der Waals surface area contributed by atoms with Crippen LogP contribution in [-0.4, -0.2) is 35.6 Å². The first-order valence-corrected chi connectivity index (χ1v) is 18.8. The van der Waals surface area contributed by atoms with E-state index in [1.54, 1.807) is 12.1 Å². The van der Waals surface area contributed by atoms with Gasteiger partial charge in [0, 0.05) is 38.6 Å². The van der Waals surface area contributed by atoms with E-state index in [2.05, 4.69) is 43.9 Å². The van der Waals surface area contributed by atoms with E-state index in [1.165, 1.54) is 82.7 Å². The van der Waals surface area contributed by atoms with Crippen molar-refractivity contribution < 1.29 is 8.42 Å². The van der Waals surface area contributed by atoms with E-state index in [9.17, 15) is 8.42 Å². The van der Waals surface area contributed by atoms with E-state index in [1.807, 2.05) is 61.5 Å². The molecule has 0 heterocycles. The molecule has 3 aromatic rings. The molecule has 0 saturated carbocycles. The van der Waals surface area contributed by atoms with E-state index >= 15 is 0 Å². The summed E-state index contributed by atoms with van der Waals surface area (Å²) < 4.78 is 28.6. The number of hydrogen-bond acceptors (Lipinski definition) is 4. The van der Waals surface area contributed by atoms with Crippen molar-refractivity contribution in [1.82, 2.24) is 0 Å². The summed E-state index contributed by atoms with van der Waals surface area (Å²) in [6.45, 7) is 8.80. The maximum atomic E-state index is 14.3. The third-order valence-corrected chi connectivity index (χ3v) is 10.9. The lowest BCUT2D eigenvalue weighted by Gasteiger charge is -2.28. The fraction of sp³-hybridized carbons (Fsp3) is 0.538. The Labute approximate surface area is 269 Å². The van der Waals surface area contributed by atoms with Crippen LogP contribution in [0.15, 0.2) is 77.7 Å². The quantitative estimate of drug-likeness (QED) is 0.111. The van der Waals surface area contributed by atoms with E-state index in [-0.39, 0.29) is 0 Å². The van der Waals surface area contributed by atoms with Gasteiger partial charge in [0.15, 0.2) is 9.84 Å². The van der Waals surface area contributed by atoms with Crippen molar-refractivity contribution in [3.8, 4) is 0 Å². The predicted octanol–water partition coefficient (Wildman–Crippen LogP) is 10.4. The second-order valence-electron chi connectivity index (χ2n) is 12.5. The Morgan fingerprint density at radius 2 is 1.14 bits per heavy atom. The van der Waals surface area contributed by atoms with Crippen LogP contribution in [0.2, 0.25) is 0 Å². The Hall–Kier alpha value is -2.79. The molecule has 242 valence electrons. The van der Waals surface area contributed by atoms with E-state index in [0.717, 1.165) is 41.9 Å². The van der Waals surface area contributed by atoms with Gasteiger partial charge >= 0.3 is 0 Å². The molecule has 0 radical (unpaired) electrons. The molecule has 5 heteroatoms. The Bertz CT molecular complexity index is 1300. The number of benzene rings is 3. The summed E-state index contributed by atoms with van der Waals surface area (Å²) in [4.78, 5) is 4.97. The lowest BCUT2D eigenvalue weighted by Crippen LogP contribution is -2.26. The van der Waals surface area contributed by atoms with E-state index in [0.29, 0.717) is 4.90 Å². The zero-order chi connectivity index (χ0) is 31.8. The van der Waals surface area contributed by atoms with Gasteiger partial charge in [0.05, 0.1) is 4.90 Å². The highest BCUT2D eigenvalue weighted by molar-refractivity contribution is 7.92. The summed E-state index contributed by atoms with van der Waals surface area (Å²) in [5, 5.41) is -0.768. The molecule has 4 nitrogen and oxygen atoms in total. The van der Waals surface area contributed by atoms with Crippen LogP contribution in [0.3, 0.4) is 0 Å². The van der Waals surface area contributed by atoms with Gasteiger partial charge in [-0.3, -0.25) is 0 Å². The number of anilines is 2. The van der Waals surface area contributed by atoms with Gasteiger partial charge in [0.25, 0.3) is 0 Å². The number of aryl methyl sites for hydroxylation is 1. The molecule has 0 saturated heterocycles. The maximum absolute atomic E-state index is 14.3. The van der Waals surface area contributed by atoms with Crippen LogP contribution in [-0.2, 0) is 16.3 Å². The standard InChI is InChI=1S/C39H58N2O2S/c1-6-9-11-13-15-20-30-41(31-21-16-14-12-10-7-2)36-28-29-38(33(8-3)32-36)39(34-24-26-35(27-25-34)40(4)5)44(42,43)37-22-18-17-19-23-37/h17-19,22-29,32,39H,6-16,20-21,30-31H2,1-5H3. The van der Waals surface area contributed by atoms with Crippen molar-refractivity contribution in [2.24, 2.45) is 0 Å². The lowest BCUT2D eigenvalue weighted by molar-refractivity contribution is 0.574. The molecule has 0 fully saturated rings. The number of nitrogens with zero attached hydrogens (tertiary/aromatic N) is 2. The molecule has 3 rings (SSSR count). The van der Waals surface area contributed by atoms with Gasteiger partial charge in [-0.25, -0.2) is 8.42 Å². The van der Waals surface area contributed by atoms with Gasteiger partial charge in [-0.1, -0.05) is 121 Å². The second-order valence-corrected chi connectivity index (χ2v) is 14.5. The fourth-order valence-electron chi connectivity index (χ4n) is 6.11. The summed E-state index contributed by atoms with van der Waals surface area (Å²) in [5.41, 5.74) is 5.08. The first kappa shape index (κ1) is 35.7. The molecule has 0 aliphatic carbocycles. The van der Waals surface area contributed by atoms with Crippen LogP contribution in [0, 0.1) is 0 Å². The van der Waals surface area contributed by atoms with Gasteiger partial charge in [-0.05, 0) is 72.4 Å². The van der Waals surface area contributed by atoms with Crippen LogP contribution >= 0.6 is 0 Å². The van der Waals surface area contributed by atoms with Crippen molar-refractivity contribution in [1.29, 1.82) is 0 Å². The van der Waals surface area contributed by atoms with E-state index < -0.39 is 15.1 Å².